The lowest BCUT2D eigenvalue weighted by molar-refractivity contribution is 0.254. The molecule has 0 amide bonds. The van der Waals surface area contributed by atoms with Crippen LogP contribution in [0.4, 0.5) is 0 Å². The maximum absolute atomic E-state index is 8.87. The lowest BCUT2D eigenvalue weighted by atomic mass is 9.84. The second kappa shape index (κ2) is 9.31. The smallest absolute Gasteiger partial charge is 0.174 e. The first-order chi connectivity index (χ1) is 8.56. The van der Waals surface area contributed by atoms with Gasteiger partial charge in [0.2, 0.25) is 0 Å². The fraction of sp³-hybridized carbons (Fsp3) is 0.600. The van der Waals surface area contributed by atoms with Crippen molar-refractivity contribution in [3.63, 3.8) is 0 Å². The van der Waals surface area contributed by atoms with Crippen molar-refractivity contribution < 1.29 is 4.74 Å². The van der Waals surface area contributed by atoms with E-state index in [1.807, 2.05) is 25.1 Å². The Morgan fingerprint density at radius 2 is 1.89 bits per heavy atom. The molecule has 0 heterocycles. The Hall–Kier alpha value is -1.74. The second-order valence-electron chi connectivity index (χ2n) is 4.53. The van der Waals surface area contributed by atoms with Gasteiger partial charge in [0.25, 0.3) is 0 Å². The van der Waals surface area contributed by atoms with Crippen molar-refractivity contribution in [2.24, 2.45) is 11.8 Å². The molecule has 0 bridgehead atoms. The third kappa shape index (κ3) is 6.11. The van der Waals surface area contributed by atoms with Crippen LogP contribution in [0.1, 0.15) is 40.5 Å². The first-order valence-corrected chi connectivity index (χ1v) is 6.30. The molecule has 3 heteroatoms. The molecule has 0 aliphatic carbocycles. The van der Waals surface area contributed by atoms with Gasteiger partial charge in [0, 0.05) is 6.42 Å². The minimum atomic E-state index is 0.0729. The average Bonchev–Trinajstić information content (AvgIpc) is 2.35. The summed E-state index contributed by atoms with van der Waals surface area (Å²) in [5.74, 6) is 1.46. The van der Waals surface area contributed by atoms with Gasteiger partial charge in [-0.15, -0.1) is 0 Å². The largest absolute Gasteiger partial charge is 0.483 e. The fourth-order valence-electron chi connectivity index (χ4n) is 1.82. The van der Waals surface area contributed by atoms with Gasteiger partial charge in [0.15, 0.2) is 6.61 Å². The molecule has 1 unspecified atom stereocenters. The van der Waals surface area contributed by atoms with Crippen molar-refractivity contribution in [2.45, 2.75) is 40.5 Å². The normalized spacial score (nSPS) is 13.9. The lowest BCUT2D eigenvalue weighted by Gasteiger charge is -2.20. The molecule has 3 nitrogen and oxygen atoms in total. The number of rotatable bonds is 7. The molecule has 0 fully saturated rings. The van der Waals surface area contributed by atoms with Crippen LogP contribution in [-0.4, -0.2) is 6.61 Å². The van der Waals surface area contributed by atoms with Crippen LogP contribution in [0.3, 0.4) is 0 Å². The van der Waals surface area contributed by atoms with Gasteiger partial charge in [-0.3, -0.25) is 0 Å². The monoisotopic (exact) mass is 246 g/mol. The first kappa shape index (κ1) is 16.3. The van der Waals surface area contributed by atoms with Gasteiger partial charge >= 0.3 is 0 Å². The summed E-state index contributed by atoms with van der Waals surface area (Å²) in [6, 6.07) is 4.18. The Kier molecular flexibility index (Phi) is 8.41. The predicted octanol–water partition coefficient (Wildman–Crippen LogP) is 3.95. The minimum Gasteiger partial charge on any atom is -0.483 e. The maximum atomic E-state index is 8.87. The van der Waals surface area contributed by atoms with Crippen LogP contribution in [0.15, 0.2) is 23.5 Å². The third-order valence-corrected chi connectivity index (χ3v) is 2.90. The van der Waals surface area contributed by atoms with Gasteiger partial charge in [0.05, 0.1) is 11.8 Å². The molecule has 0 aromatic rings. The van der Waals surface area contributed by atoms with E-state index in [2.05, 4.69) is 26.8 Å². The summed E-state index contributed by atoms with van der Waals surface area (Å²) >= 11 is 0. The third-order valence-electron chi connectivity index (χ3n) is 2.90. The summed E-state index contributed by atoms with van der Waals surface area (Å²) in [4.78, 5) is 0. The Labute approximate surface area is 110 Å². The summed E-state index contributed by atoms with van der Waals surface area (Å²) < 4.78 is 5.18. The van der Waals surface area contributed by atoms with Crippen molar-refractivity contribution in [3.05, 3.63) is 23.5 Å². The summed E-state index contributed by atoms with van der Waals surface area (Å²) in [5.41, 5.74) is 1.26. The highest BCUT2D eigenvalue weighted by atomic mass is 16.5. The van der Waals surface area contributed by atoms with Crippen molar-refractivity contribution in [2.75, 3.05) is 6.61 Å². The van der Waals surface area contributed by atoms with Crippen LogP contribution in [0, 0.1) is 34.5 Å². The standard InChI is InChI=1S/C15H22N2O/c1-5-14(15(8-9-16)12(2)3)7-6-13(4)18-11-10-17/h6-7,12,15H,5,8,11H2,1-4H3/b13-6+,14-7+. The molecule has 1 atom stereocenters. The number of nitriles is 2. The minimum absolute atomic E-state index is 0.0729. The quantitative estimate of drug-likeness (QED) is 0.504. The fourth-order valence-corrected chi connectivity index (χ4v) is 1.82. The zero-order valence-corrected chi connectivity index (χ0v) is 11.7. The molecule has 0 saturated heterocycles. The van der Waals surface area contributed by atoms with E-state index >= 15 is 0 Å². The predicted molar refractivity (Wildman–Crippen MR) is 72.3 cm³/mol. The van der Waals surface area contributed by atoms with Crippen LogP contribution in [0.2, 0.25) is 0 Å². The topological polar surface area (TPSA) is 56.8 Å². The SMILES string of the molecule is CC/C(=C\C=C(/C)OCC#N)C(CC#N)C(C)C. The van der Waals surface area contributed by atoms with E-state index < -0.39 is 0 Å². The lowest BCUT2D eigenvalue weighted by Crippen LogP contribution is -2.10. The van der Waals surface area contributed by atoms with E-state index in [9.17, 15) is 0 Å². The van der Waals surface area contributed by atoms with Gasteiger partial charge in [0.1, 0.15) is 6.07 Å². The molecule has 0 aliphatic heterocycles. The summed E-state index contributed by atoms with van der Waals surface area (Å²) in [6.07, 6.45) is 5.37. The number of ether oxygens (including phenoxy) is 1. The molecule has 98 valence electrons. The van der Waals surface area contributed by atoms with Gasteiger partial charge in [-0.25, -0.2) is 0 Å². The molecule has 0 aromatic heterocycles. The summed E-state index contributed by atoms with van der Waals surface area (Å²) in [5, 5.41) is 17.3. The van der Waals surface area contributed by atoms with Gasteiger partial charge in [-0.05, 0) is 31.3 Å². The highest BCUT2D eigenvalue weighted by Crippen LogP contribution is 2.26. The van der Waals surface area contributed by atoms with Gasteiger partial charge in [-0.1, -0.05) is 32.4 Å². The number of hydrogen-bond acceptors (Lipinski definition) is 3. The van der Waals surface area contributed by atoms with Crippen LogP contribution in [0.25, 0.3) is 0 Å². The van der Waals surface area contributed by atoms with Crippen molar-refractivity contribution in [1.29, 1.82) is 10.5 Å². The zero-order chi connectivity index (χ0) is 14.0. The van der Waals surface area contributed by atoms with E-state index in [-0.39, 0.29) is 6.61 Å². The highest BCUT2D eigenvalue weighted by Gasteiger charge is 2.16. The Balaban J connectivity index is 4.84. The Bertz CT molecular complexity index is 380. The van der Waals surface area contributed by atoms with E-state index in [4.69, 9.17) is 15.3 Å². The van der Waals surface area contributed by atoms with Crippen LogP contribution in [-0.2, 0) is 4.74 Å². The molecular weight excluding hydrogens is 224 g/mol. The summed E-state index contributed by atoms with van der Waals surface area (Å²) in [7, 11) is 0. The van der Waals surface area contributed by atoms with Crippen molar-refractivity contribution >= 4 is 0 Å². The molecule has 18 heavy (non-hydrogen) atoms. The number of allylic oxidation sites excluding steroid dienone is 4. The van der Waals surface area contributed by atoms with E-state index in [0.29, 0.717) is 18.3 Å². The molecule has 0 N–H and O–H groups in total. The molecule has 0 rings (SSSR count). The highest BCUT2D eigenvalue weighted by molar-refractivity contribution is 5.18. The van der Waals surface area contributed by atoms with Crippen LogP contribution in [0.5, 0.6) is 0 Å². The molecule has 0 spiro atoms. The van der Waals surface area contributed by atoms with E-state index in [1.54, 1.807) is 0 Å². The van der Waals surface area contributed by atoms with Crippen LogP contribution >= 0.6 is 0 Å². The van der Waals surface area contributed by atoms with Crippen molar-refractivity contribution in [1.82, 2.24) is 0 Å². The van der Waals surface area contributed by atoms with Crippen molar-refractivity contribution in [3.8, 4) is 12.1 Å². The average molecular weight is 246 g/mol. The van der Waals surface area contributed by atoms with E-state index in [0.717, 1.165) is 12.2 Å². The molecule has 0 radical (unpaired) electrons. The summed E-state index contributed by atoms with van der Waals surface area (Å²) in [6.45, 7) is 8.26. The first-order valence-electron chi connectivity index (χ1n) is 6.30. The molecule has 0 aromatic carbocycles. The Morgan fingerprint density at radius 1 is 1.22 bits per heavy atom. The van der Waals surface area contributed by atoms with Gasteiger partial charge in [-0.2, -0.15) is 10.5 Å². The number of nitrogens with zero attached hydrogens (tertiary/aromatic N) is 2. The zero-order valence-electron chi connectivity index (χ0n) is 11.7. The second-order valence-corrected chi connectivity index (χ2v) is 4.53. The number of hydrogen-bond donors (Lipinski definition) is 0. The van der Waals surface area contributed by atoms with E-state index in [1.165, 1.54) is 5.57 Å². The maximum Gasteiger partial charge on any atom is 0.174 e. The molecule has 0 aliphatic rings. The molecule has 0 saturated carbocycles. The molecular formula is C15H22N2O. The van der Waals surface area contributed by atoms with Crippen LogP contribution < -0.4 is 0 Å². The Morgan fingerprint density at radius 3 is 2.33 bits per heavy atom. The van der Waals surface area contributed by atoms with Gasteiger partial charge < -0.3 is 4.74 Å².